The van der Waals surface area contributed by atoms with E-state index in [0.29, 0.717) is 30.7 Å². The number of para-hydroxylation sites is 1. The van der Waals surface area contributed by atoms with Gasteiger partial charge in [0.25, 0.3) is 0 Å². The molecular weight excluding hydrogens is 468 g/mol. The number of methoxy groups -OCH3 is 1. The quantitative estimate of drug-likeness (QED) is 0.354. The largest absolute Gasteiger partial charge is 0.494 e. The van der Waals surface area contributed by atoms with Crippen molar-refractivity contribution in [1.29, 1.82) is 0 Å². The van der Waals surface area contributed by atoms with Crippen LogP contribution in [-0.4, -0.2) is 35.1 Å². The van der Waals surface area contributed by atoms with Gasteiger partial charge in [0.1, 0.15) is 30.0 Å². The highest BCUT2D eigenvalue weighted by Crippen LogP contribution is 2.51. The molecule has 2 aliphatic heterocycles. The van der Waals surface area contributed by atoms with Crippen molar-refractivity contribution < 1.29 is 18.9 Å². The molecule has 0 amide bonds. The number of nitrogens with zero attached hydrogens (tertiary/aromatic N) is 3. The molecule has 8 nitrogen and oxygen atoms in total. The van der Waals surface area contributed by atoms with Gasteiger partial charge in [-0.05, 0) is 61.4 Å². The first-order chi connectivity index (χ1) is 18.2. The van der Waals surface area contributed by atoms with Crippen molar-refractivity contribution in [2.75, 3.05) is 25.6 Å². The van der Waals surface area contributed by atoms with Gasteiger partial charge in [0.15, 0.2) is 11.5 Å². The third kappa shape index (κ3) is 3.94. The molecule has 6 rings (SSSR count). The van der Waals surface area contributed by atoms with Crippen LogP contribution in [0, 0.1) is 0 Å². The summed E-state index contributed by atoms with van der Waals surface area (Å²) in [6.45, 7) is 5.10. The Morgan fingerprint density at radius 1 is 0.919 bits per heavy atom. The number of aromatic nitrogens is 3. The Morgan fingerprint density at radius 3 is 2.49 bits per heavy atom. The molecule has 0 bridgehead atoms. The number of benzene rings is 3. The summed E-state index contributed by atoms with van der Waals surface area (Å²) < 4.78 is 25.7. The molecular formula is C29H28N4O4. The minimum atomic E-state index is -0.368. The third-order valence-corrected chi connectivity index (χ3v) is 6.62. The fourth-order valence-electron chi connectivity index (χ4n) is 5.05. The van der Waals surface area contributed by atoms with Gasteiger partial charge in [-0.3, -0.25) is 0 Å². The second kappa shape index (κ2) is 9.54. The van der Waals surface area contributed by atoms with E-state index in [-0.39, 0.29) is 12.1 Å². The smallest absolute Gasteiger partial charge is 0.226 e. The minimum Gasteiger partial charge on any atom is -0.494 e. The average Bonchev–Trinajstić information content (AvgIpc) is 3.41. The summed E-state index contributed by atoms with van der Waals surface area (Å²) in [5.41, 5.74) is 4.99. The SMILES string of the molecule is CCOc1ccc([C@H]2Oc3ccccc3C3=C2[C@@H](c2ccc(OCC)c(OC)c2)n2ncnc2N3)cc1. The summed E-state index contributed by atoms with van der Waals surface area (Å²) in [5.74, 6) is 3.66. The summed E-state index contributed by atoms with van der Waals surface area (Å²) in [7, 11) is 1.65. The summed E-state index contributed by atoms with van der Waals surface area (Å²) >= 11 is 0. The Kier molecular flexibility index (Phi) is 5.92. The van der Waals surface area contributed by atoms with Crippen LogP contribution in [0.25, 0.3) is 5.70 Å². The van der Waals surface area contributed by atoms with Crippen LogP contribution in [-0.2, 0) is 0 Å². The molecule has 3 heterocycles. The summed E-state index contributed by atoms with van der Waals surface area (Å²) in [6, 6.07) is 21.8. The number of nitrogens with one attached hydrogen (secondary N) is 1. The van der Waals surface area contributed by atoms with E-state index in [4.69, 9.17) is 18.9 Å². The molecule has 0 saturated heterocycles. The second-order valence-electron chi connectivity index (χ2n) is 8.73. The molecule has 37 heavy (non-hydrogen) atoms. The number of rotatable bonds is 7. The Bertz CT molecular complexity index is 1460. The maximum atomic E-state index is 6.69. The van der Waals surface area contributed by atoms with Crippen molar-refractivity contribution in [3.05, 3.63) is 95.3 Å². The average molecular weight is 497 g/mol. The van der Waals surface area contributed by atoms with Crippen molar-refractivity contribution >= 4 is 11.6 Å². The first-order valence-electron chi connectivity index (χ1n) is 12.4. The number of hydrogen-bond donors (Lipinski definition) is 1. The summed E-state index contributed by atoms with van der Waals surface area (Å²) in [6.07, 6.45) is 1.20. The lowest BCUT2D eigenvalue weighted by Gasteiger charge is -2.39. The Balaban J connectivity index is 1.55. The summed E-state index contributed by atoms with van der Waals surface area (Å²) in [5, 5.41) is 8.14. The molecule has 0 unspecified atom stereocenters. The second-order valence-corrected chi connectivity index (χ2v) is 8.73. The fourth-order valence-corrected chi connectivity index (χ4v) is 5.05. The zero-order valence-corrected chi connectivity index (χ0v) is 21.0. The van der Waals surface area contributed by atoms with E-state index in [1.807, 2.05) is 61.0 Å². The van der Waals surface area contributed by atoms with Crippen LogP contribution in [0.3, 0.4) is 0 Å². The van der Waals surface area contributed by atoms with Gasteiger partial charge in [-0.15, -0.1) is 0 Å². The van der Waals surface area contributed by atoms with Crippen molar-refractivity contribution in [3.63, 3.8) is 0 Å². The lowest BCUT2D eigenvalue weighted by atomic mass is 9.84. The highest BCUT2D eigenvalue weighted by atomic mass is 16.5. The van der Waals surface area contributed by atoms with E-state index in [9.17, 15) is 0 Å². The lowest BCUT2D eigenvalue weighted by molar-refractivity contribution is 0.222. The molecule has 1 aromatic heterocycles. The monoisotopic (exact) mass is 496 g/mol. The van der Waals surface area contributed by atoms with Crippen LogP contribution in [0.1, 0.15) is 42.7 Å². The zero-order chi connectivity index (χ0) is 25.4. The van der Waals surface area contributed by atoms with E-state index in [1.54, 1.807) is 13.4 Å². The van der Waals surface area contributed by atoms with Crippen LogP contribution >= 0.6 is 0 Å². The molecule has 0 radical (unpaired) electrons. The predicted octanol–water partition coefficient (Wildman–Crippen LogP) is 5.64. The molecule has 3 aromatic carbocycles. The molecule has 188 valence electrons. The minimum absolute atomic E-state index is 0.289. The van der Waals surface area contributed by atoms with E-state index in [2.05, 4.69) is 39.7 Å². The first kappa shape index (κ1) is 23.0. The maximum Gasteiger partial charge on any atom is 0.226 e. The number of ether oxygens (including phenoxy) is 4. The molecule has 8 heteroatoms. The van der Waals surface area contributed by atoms with Gasteiger partial charge in [-0.1, -0.05) is 30.3 Å². The fraction of sp³-hybridized carbons (Fsp3) is 0.241. The van der Waals surface area contributed by atoms with Gasteiger partial charge >= 0.3 is 0 Å². The molecule has 4 aromatic rings. The van der Waals surface area contributed by atoms with Crippen LogP contribution in [0.15, 0.2) is 78.6 Å². The zero-order valence-electron chi connectivity index (χ0n) is 21.0. The van der Waals surface area contributed by atoms with Gasteiger partial charge < -0.3 is 24.3 Å². The normalized spacial score (nSPS) is 17.6. The van der Waals surface area contributed by atoms with Crippen LogP contribution < -0.4 is 24.3 Å². The van der Waals surface area contributed by atoms with E-state index < -0.39 is 0 Å². The van der Waals surface area contributed by atoms with Crippen molar-refractivity contribution in [3.8, 4) is 23.0 Å². The van der Waals surface area contributed by atoms with Crippen LogP contribution in [0.4, 0.5) is 5.95 Å². The predicted molar refractivity (Wildman–Crippen MR) is 140 cm³/mol. The molecule has 0 aliphatic carbocycles. The Morgan fingerprint density at radius 2 is 1.70 bits per heavy atom. The van der Waals surface area contributed by atoms with Crippen molar-refractivity contribution in [2.45, 2.75) is 26.0 Å². The standard InChI is InChI=1S/C29H28N4O4/c1-4-35-20-13-10-18(11-14-20)28-25-26(21-8-6-7-9-22(21)37-28)32-29-30-17-31-33(29)27(25)19-12-15-23(36-5-2)24(16-19)34-3/h6-17,27-28H,4-5H2,1-3H3,(H,30,31,32)/t27-,28-/m1/s1. The highest BCUT2D eigenvalue weighted by molar-refractivity contribution is 5.85. The molecule has 0 saturated carbocycles. The van der Waals surface area contributed by atoms with Gasteiger partial charge in [-0.2, -0.15) is 10.1 Å². The van der Waals surface area contributed by atoms with E-state index in [1.165, 1.54) is 0 Å². The number of hydrogen-bond acceptors (Lipinski definition) is 7. The van der Waals surface area contributed by atoms with Gasteiger partial charge in [0.05, 0.1) is 26.0 Å². The first-order valence-corrected chi connectivity index (χ1v) is 12.4. The number of anilines is 1. The highest BCUT2D eigenvalue weighted by Gasteiger charge is 2.41. The Hall–Kier alpha value is -4.46. The van der Waals surface area contributed by atoms with Gasteiger partial charge in [0, 0.05) is 11.1 Å². The van der Waals surface area contributed by atoms with Crippen molar-refractivity contribution in [2.24, 2.45) is 0 Å². The Labute approximate surface area is 215 Å². The molecule has 2 aliphatic rings. The maximum absolute atomic E-state index is 6.69. The molecule has 0 spiro atoms. The van der Waals surface area contributed by atoms with Gasteiger partial charge in [0.2, 0.25) is 5.95 Å². The van der Waals surface area contributed by atoms with Crippen LogP contribution in [0.2, 0.25) is 0 Å². The van der Waals surface area contributed by atoms with E-state index >= 15 is 0 Å². The van der Waals surface area contributed by atoms with E-state index in [0.717, 1.165) is 39.5 Å². The molecule has 1 N–H and O–H groups in total. The summed E-state index contributed by atoms with van der Waals surface area (Å²) in [4.78, 5) is 4.51. The van der Waals surface area contributed by atoms with Crippen molar-refractivity contribution in [1.82, 2.24) is 14.8 Å². The van der Waals surface area contributed by atoms with Gasteiger partial charge in [-0.25, -0.2) is 4.68 Å². The van der Waals surface area contributed by atoms with Crippen LogP contribution in [0.5, 0.6) is 23.0 Å². The number of fused-ring (bicyclic) bond motifs is 3. The topological polar surface area (TPSA) is 79.7 Å². The molecule has 2 atom stereocenters. The third-order valence-electron chi connectivity index (χ3n) is 6.62. The molecule has 0 fully saturated rings. The lowest BCUT2D eigenvalue weighted by Crippen LogP contribution is -2.32.